The number of fused-ring (bicyclic) bond motifs is 1. The van der Waals surface area contributed by atoms with Gasteiger partial charge in [-0.05, 0) is 64.5 Å². The normalized spacial score (nSPS) is 18.3. The molecule has 0 aliphatic heterocycles. The molecule has 0 heterocycles. The minimum absolute atomic E-state index is 0.178. The molecule has 0 N–H and O–H groups in total. The van der Waals surface area contributed by atoms with E-state index in [9.17, 15) is 4.79 Å². The van der Waals surface area contributed by atoms with Crippen molar-refractivity contribution in [1.82, 2.24) is 0 Å². The minimum Gasteiger partial charge on any atom is -0.463 e. The lowest BCUT2D eigenvalue weighted by atomic mass is 9.61. The second-order valence-electron chi connectivity index (χ2n) is 9.51. The highest BCUT2D eigenvalue weighted by Crippen LogP contribution is 2.49. The molecule has 0 saturated carbocycles. The third-order valence-corrected chi connectivity index (χ3v) is 6.45. The Morgan fingerprint density at radius 2 is 1.76 bits per heavy atom. The zero-order valence-electron chi connectivity index (χ0n) is 18.7. The largest absolute Gasteiger partial charge is 0.463 e. The van der Waals surface area contributed by atoms with Crippen molar-refractivity contribution in [2.45, 2.75) is 71.1 Å². The highest BCUT2D eigenvalue weighted by atomic mass is 16.5. The van der Waals surface area contributed by atoms with Gasteiger partial charge in [0.05, 0.1) is 6.61 Å². The lowest BCUT2D eigenvalue weighted by Crippen LogP contribution is -2.35. The highest BCUT2D eigenvalue weighted by molar-refractivity contribution is 5.87. The number of carbonyl (C=O) groups excluding carboxylic acids is 1. The average molecular weight is 391 g/mol. The van der Waals surface area contributed by atoms with Crippen molar-refractivity contribution in [1.29, 1.82) is 0 Å². The molecule has 2 aromatic carbocycles. The number of ether oxygens (including phenoxy) is 1. The topological polar surface area (TPSA) is 26.3 Å². The Bertz CT molecular complexity index is 918. The van der Waals surface area contributed by atoms with Crippen LogP contribution in [0.5, 0.6) is 0 Å². The summed E-state index contributed by atoms with van der Waals surface area (Å²) in [5, 5.41) is 0. The van der Waals surface area contributed by atoms with E-state index in [-0.39, 0.29) is 22.7 Å². The van der Waals surface area contributed by atoms with Crippen LogP contribution in [0.4, 0.5) is 0 Å². The van der Waals surface area contributed by atoms with Crippen LogP contribution in [0, 0.1) is 0 Å². The predicted molar refractivity (Wildman–Crippen MR) is 121 cm³/mol. The van der Waals surface area contributed by atoms with Crippen molar-refractivity contribution in [3.63, 3.8) is 0 Å². The first-order valence-corrected chi connectivity index (χ1v) is 10.7. The summed E-state index contributed by atoms with van der Waals surface area (Å²) in [4.78, 5) is 11.6. The number of hydrogen-bond donors (Lipinski definition) is 0. The van der Waals surface area contributed by atoms with Crippen molar-refractivity contribution in [3.05, 3.63) is 76.4 Å². The smallest absolute Gasteiger partial charge is 0.330 e. The van der Waals surface area contributed by atoms with Crippen molar-refractivity contribution in [2.24, 2.45) is 0 Å². The quantitative estimate of drug-likeness (QED) is 0.416. The van der Waals surface area contributed by atoms with E-state index in [1.807, 2.05) is 19.1 Å². The summed E-state index contributed by atoms with van der Waals surface area (Å²) >= 11 is 0. The molecule has 154 valence electrons. The fraction of sp³-hybridized carbons (Fsp3) is 0.444. The molecule has 2 heteroatoms. The van der Waals surface area contributed by atoms with Crippen LogP contribution in [-0.2, 0) is 20.4 Å². The highest BCUT2D eigenvalue weighted by Gasteiger charge is 2.39. The van der Waals surface area contributed by atoms with Gasteiger partial charge >= 0.3 is 5.97 Å². The Labute approximate surface area is 176 Å². The fourth-order valence-electron chi connectivity index (χ4n) is 4.60. The van der Waals surface area contributed by atoms with Crippen molar-refractivity contribution in [2.75, 3.05) is 6.61 Å². The maximum atomic E-state index is 11.6. The molecule has 0 bridgehead atoms. The first-order chi connectivity index (χ1) is 13.7. The van der Waals surface area contributed by atoms with Gasteiger partial charge in [-0.15, -0.1) is 0 Å². The zero-order valence-corrected chi connectivity index (χ0v) is 18.7. The molecule has 1 atom stereocenters. The lowest BCUT2D eigenvalue weighted by Gasteiger charge is -2.43. The molecule has 0 spiro atoms. The zero-order chi connectivity index (χ0) is 21.2. The maximum absolute atomic E-state index is 11.6. The Kier molecular flexibility index (Phi) is 6.03. The number of carbonyl (C=O) groups is 1. The van der Waals surface area contributed by atoms with E-state index in [1.54, 1.807) is 0 Å². The third kappa shape index (κ3) is 4.47. The molecule has 1 aliphatic rings. The Balaban J connectivity index is 1.99. The van der Waals surface area contributed by atoms with E-state index in [0.717, 1.165) is 5.56 Å². The second kappa shape index (κ2) is 8.18. The Morgan fingerprint density at radius 1 is 1.07 bits per heavy atom. The number of benzene rings is 2. The van der Waals surface area contributed by atoms with Crippen LogP contribution in [0.25, 0.3) is 6.08 Å². The predicted octanol–water partition coefficient (Wildman–Crippen LogP) is 6.76. The molecule has 0 fully saturated rings. The summed E-state index contributed by atoms with van der Waals surface area (Å²) in [6.07, 6.45) is 5.77. The summed E-state index contributed by atoms with van der Waals surface area (Å²) < 4.78 is 4.99. The summed E-state index contributed by atoms with van der Waals surface area (Å²) in [5.74, 6) is -0.0128. The van der Waals surface area contributed by atoms with Gasteiger partial charge in [0, 0.05) is 12.0 Å². The lowest BCUT2D eigenvalue weighted by molar-refractivity contribution is -0.137. The summed E-state index contributed by atoms with van der Waals surface area (Å²) in [6.45, 7) is 14.0. The first kappa shape index (κ1) is 21.4. The van der Waals surface area contributed by atoms with Gasteiger partial charge in [-0.2, -0.15) is 0 Å². The molecule has 2 nitrogen and oxygen atoms in total. The molecule has 0 radical (unpaired) electrons. The van der Waals surface area contributed by atoms with Crippen LogP contribution in [0.1, 0.15) is 88.1 Å². The van der Waals surface area contributed by atoms with E-state index in [2.05, 4.69) is 71.0 Å². The first-order valence-electron chi connectivity index (χ1n) is 10.7. The molecule has 0 saturated heterocycles. The van der Waals surface area contributed by atoms with Gasteiger partial charge in [0.25, 0.3) is 0 Å². The summed E-state index contributed by atoms with van der Waals surface area (Å²) in [7, 11) is 0. The summed E-state index contributed by atoms with van der Waals surface area (Å²) in [5.41, 5.74) is 7.12. The minimum atomic E-state index is -0.299. The van der Waals surface area contributed by atoms with Crippen LogP contribution >= 0.6 is 0 Å². The van der Waals surface area contributed by atoms with E-state index in [4.69, 9.17) is 4.74 Å². The molecule has 1 unspecified atom stereocenters. The standard InChI is InChI=1S/C27H34O2/c1-7-29-24(28)15-14-20-10-8-11-21(18-20)19(2)22-12-9-13-23-25(22)27(5,6)17-16-26(23,3)4/h8-15,18-19H,7,16-17H2,1-6H3/b15-14+. The molecule has 29 heavy (non-hydrogen) atoms. The van der Waals surface area contributed by atoms with Crippen molar-refractivity contribution in [3.8, 4) is 0 Å². The van der Waals surface area contributed by atoms with Gasteiger partial charge in [0.15, 0.2) is 0 Å². The van der Waals surface area contributed by atoms with Crippen LogP contribution in [0.15, 0.2) is 48.5 Å². The number of rotatable bonds is 5. The van der Waals surface area contributed by atoms with Crippen LogP contribution in [0.3, 0.4) is 0 Å². The Morgan fingerprint density at radius 3 is 2.48 bits per heavy atom. The fourth-order valence-corrected chi connectivity index (χ4v) is 4.60. The average Bonchev–Trinajstić information content (AvgIpc) is 2.69. The van der Waals surface area contributed by atoms with E-state index >= 15 is 0 Å². The molecular formula is C27H34O2. The second-order valence-corrected chi connectivity index (χ2v) is 9.51. The van der Waals surface area contributed by atoms with Gasteiger partial charge in [-0.3, -0.25) is 0 Å². The van der Waals surface area contributed by atoms with E-state index in [1.165, 1.54) is 41.2 Å². The number of esters is 1. The van der Waals surface area contributed by atoms with Crippen LogP contribution in [-0.4, -0.2) is 12.6 Å². The van der Waals surface area contributed by atoms with Crippen molar-refractivity contribution >= 4 is 12.0 Å². The third-order valence-electron chi connectivity index (χ3n) is 6.45. The summed E-state index contributed by atoms with van der Waals surface area (Å²) in [6, 6.07) is 15.3. The number of hydrogen-bond acceptors (Lipinski definition) is 2. The van der Waals surface area contributed by atoms with Crippen LogP contribution in [0.2, 0.25) is 0 Å². The van der Waals surface area contributed by atoms with E-state index in [0.29, 0.717) is 6.61 Å². The van der Waals surface area contributed by atoms with Gasteiger partial charge in [-0.1, -0.05) is 77.1 Å². The Hall–Kier alpha value is -2.35. The molecule has 3 rings (SSSR count). The maximum Gasteiger partial charge on any atom is 0.330 e. The molecule has 0 aromatic heterocycles. The molecular weight excluding hydrogens is 356 g/mol. The van der Waals surface area contributed by atoms with E-state index < -0.39 is 0 Å². The van der Waals surface area contributed by atoms with Gasteiger partial charge in [0.1, 0.15) is 0 Å². The van der Waals surface area contributed by atoms with Gasteiger partial charge in [0.2, 0.25) is 0 Å². The van der Waals surface area contributed by atoms with Gasteiger partial charge in [-0.25, -0.2) is 4.79 Å². The monoisotopic (exact) mass is 390 g/mol. The molecule has 1 aliphatic carbocycles. The van der Waals surface area contributed by atoms with Gasteiger partial charge < -0.3 is 4.74 Å². The van der Waals surface area contributed by atoms with Crippen molar-refractivity contribution < 1.29 is 9.53 Å². The SMILES string of the molecule is CCOC(=O)/C=C/c1cccc(C(C)c2cccc3c2C(C)(C)CCC3(C)C)c1. The molecule has 0 amide bonds. The van der Waals surface area contributed by atoms with Crippen LogP contribution < -0.4 is 0 Å². The molecule has 2 aromatic rings.